The Morgan fingerprint density at radius 3 is 2.28 bits per heavy atom. The first-order chi connectivity index (χ1) is 11.8. The molecule has 2 aromatic rings. The van der Waals surface area contributed by atoms with Crippen molar-refractivity contribution in [2.75, 3.05) is 0 Å². The molecule has 0 spiro atoms. The molecule has 3 nitrogen and oxygen atoms in total. The number of hydrogen-bond acceptors (Lipinski definition) is 2. The quantitative estimate of drug-likeness (QED) is 0.783. The molecule has 0 atom stereocenters. The average molecular weight is 346 g/mol. The summed E-state index contributed by atoms with van der Waals surface area (Å²) in [6.07, 6.45) is -3.27. The van der Waals surface area contributed by atoms with Gasteiger partial charge in [0.25, 0.3) is 5.56 Å². The van der Waals surface area contributed by atoms with Crippen LogP contribution in [0, 0.1) is 12.8 Å². The van der Waals surface area contributed by atoms with Gasteiger partial charge in [0, 0.05) is 17.7 Å². The Bertz CT molecular complexity index is 807. The van der Waals surface area contributed by atoms with Crippen LogP contribution in [0.2, 0.25) is 0 Å². The lowest BCUT2D eigenvalue weighted by Gasteiger charge is -2.30. The zero-order chi connectivity index (χ0) is 18.2. The Balaban J connectivity index is 1.97. The number of aromatic nitrogens is 2. The van der Waals surface area contributed by atoms with E-state index >= 15 is 0 Å². The minimum atomic E-state index is -4.15. The Labute approximate surface area is 145 Å². The van der Waals surface area contributed by atoms with Gasteiger partial charge in [-0.15, -0.1) is 0 Å². The highest BCUT2D eigenvalue weighted by Crippen LogP contribution is 2.42. The molecule has 0 saturated heterocycles. The molecule has 25 heavy (non-hydrogen) atoms. The standard InChI is InChI=1S/C18H18BF3N2O/c1-11-10-16(25)24(15-8-6-14(19)7-9-15)17(23-11)12-2-4-13(5-3-12)18(20,21)22/h6-10,12-13H,2-5H2,1H3. The van der Waals surface area contributed by atoms with Gasteiger partial charge in [0.05, 0.1) is 11.6 Å². The first-order valence-corrected chi connectivity index (χ1v) is 8.29. The summed E-state index contributed by atoms with van der Waals surface area (Å²) in [7, 11) is 5.69. The van der Waals surface area contributed by atoms with Gasteiger partial charge in [-0.3, -0.25) is 9.36 Å². The highest BCUT2D eigenvalue weighted by Gasteiger charge is 2.42. The summed E-state index contributed by atoms with van der Waals surface area (Å²) < 4.78 is 40.2. The van der Waals surface area contributed by atoms with Crippen LogP contribution in [0.3, 0.4) is 0 Å². The first-order valence-electron chi connectivity index (χ1n) is 8.29. The molecule has 7 heteroatoms. The lowest BCUT2D eigenvalue weighted by atomic mass is 9.81. The van der Waals surface area contributed by atoms with Gasteiger partial charge in [-0.05, 0) is 44.7 Å². The largest absolute Gasteiger partial charge is 0.391 e. The highest BCUT2D eigenvalue weighted by atomic mass is 19.4. The molecule has 130 valence electrons. The molecule has 0 N–H and O–H groups in total. The van der Waals surface area contributed by atoms with E-state index in [1.54, 1.807) is 31.2 Å². The van der Waals surface area contributed by atoms with Crippen LogP contribution in [-0.2, 0) is 0 Å². The summed E-state index contributed by atoms with van der Waals surface area (Å²) in [6.45, 7) is 1.72. The molecule has 1 saturated carbocycles. The number of benzene rings is 1. The monoisotopic (exact) mass is 346 g/mol. The fourth-order valence-electron chi connectivity index (χ4n) is 3.45. The molecule has 1 aromatic carbocycles. The highest BCUT2D eigenvalue weighted by molar-refractivity contribution is 6.32. The minimum Gasteiger partial charge on any atom is -0.269 e. The van der Waals surface area contributed by atoms with Crippen LogP contribution in [0.15, 0.2) is 35.1 Å². The van der Waals surface area contributed by atoms with Crippen molar-refractivity contribution in [2.24, 2.45) is 5.92 Å². The maximum atomic E-state index is 12.9. The van der Waals surface area contributed by atoms with E-state index in [1.807, 2.05) is 0 Å². The van der Waals surface area contributed by atoms with Gasteiger partial charge in [0.1, 0.15) is 13.7 Å². The fourth-order valence-corrected chi connectivity index (χ4v) is 3.45. The van der Waals surface area contributed by atoms with E-state index in [2.05, 4.69) is 4.98 Å². The normalized spacial score (nSPS) is 21.3. The molecule has 1 aromatic heterocycles. The lowest BCUT2D eigenvalue weighted by Crippen LogP contribution is -2.31. The van der Waals surface area contributed by atoms with Crippen LogP contribution in [0.4, 0.5) is 13.2 Å². The van der Waals surface area contributed by atoms with Crippen molar-refractivity contribution in [3.05, 3.63) is 52.2 Å². The minimum absolute atomic E-state index is 0.0692. The maximum absolute atomic E-state index is 12.9. The lowest BCUT2D eigenvalue weighted by molar-refractivity contribution is -0.182. The second-order valence-electron chi connectivity index (χ2n) is 6.61. The van der Waals surface area contributed by atoms with Gasteiger partial charge >= 0.3 is 6.18 Å². The zero-order valence-electron chi connectivity index (χ0n) is 13.9. The van der Waals surface area contributed by atoms with Gasteiger partial charge in [0.15, 0.2) is 0 Å². The van der Waals surface area contributed by atoms with E-state index in [-0.39, 0.29) is 24.3 Å². The number of nitrogens with zero attached hydrogens (tertiary/aromatic N) is 2. The van der Waals surface area contributed by atoms with E-state index < -0.39 is 12.1 Å². The Morgan fingerprint density at radius 1 is 1.12 bits per heavy atom. The molecule has 2 radical (unpaired) electrons. The van der Waals surface area contributed by atoms with Gasteiger partial charge in [0.2, 0.25) is 0 Å². The number of rotatable bonds is 2. The predicted octanol–water partition coefficient (Wildman–Crippen LogP) is 3.17. The van der Waals surface area contributed by atoms with Crippen molar-refractivity contribution < 1.29 is 13.2 Å². The number of alkyl halides is 3. The molecule has 1 aliphatic carbocycles. The van der Waals surface area contributed by atoms with Crippen LogP contribution < -0.4 is 11.0 Å². The van der Waals surface area contributed by atoms with Gasteiger partial charge in [-0.2, -0.15) is 13.2 Å². The van der Waals surface area contributed by atoms with Crippen molar-refractivity contribution in [2.45, 2.75) is 44.7 Å². The van der Waals surface area contributed by atoms with Crippen LogP contribution in [0.5, 0.6) is 0 Å². The molecular formula is C18H18BF3N2O. The number of halogens is 3. The zero-order valence-corrected chi connectivity index (χ0v) is 13.9. The summed E-state index contributed by atoms with van der Waals surface area (Å²) in [4.78, 5) is 17.0. The van der Waals surface area contributed by atoms with Crippen LogP contribution in [0.1, 0.15) is 43.1 Å². The second-order valence-corrected chi connectivity index (χ2v) is 6.61. The molecule has 0 unspecified atom stereocenters. The molecule has 0 amide bonds. The summed E-state index contributed by atoms with van der Waals surface area (Å²) >= 11 is 0. The molecule has 0 bridgehead atoms. The van der Waals surface area contributed by atoms with E-state index in [1.165, 1.54) is 10.6 Å². The van der Waals surface area contributed by atoms with Crippen molar-refractivity contribution in [1.29, 1.82) is 0 Å². The summed E-state index contributed by atoms with van der Waals surface area (Å²) in [5, 5.41) is 0. The third-order valence-corrected chi connectivity index (χ3v) is 4.78. The molecule has 1 aliphatic rings. The van der Waals surface area contributed by atoms with Crippen molar-refractivity contribution in [3.8, 4) is 5.69 Å². The maximum Gasteiger partial charge on any atom is 0.391 e. The van der Waals surface area contributed by atoms with Crippen molar-refractivity contribution >= 4 is 13.3 Å². The van der Waals surface area contributed by atoms with E-state index in [4.69, 9.17) is 7.85 Å². The summed E-state index contributed by atoms with van der Waals surface area (Å²) in [6, 6.07) is 8.25. The Morgan fingerprint density at radius 2 is 1.72 bits per heavy atom. The molecule has 1 fully saturated rings. The van der Waals surface area contributed by atoms with E-state index in [0.717, 1.165) is 0 Å². The molecular weight excluding hydrogens is 328 g/mol. The topological polar surface area (TPSA) is 34.9 Å². The third kappa shape index (κ3) is 3.80. The van der Waals surface area contributed by atoms with Gasteiger partial charge in [-0.1, -0.05) is 17.6 Å². The number of aryl methyl sites for hydroxylation is 1. The van der Waals surface area contributed by atoms with Crippen LogP contribution in [-0.4, -0.2) is 23.6 Å². The molecule has 3 rings (SSSR count). The van der Waals surface area contributed by atoms with Crippen molar-refractivity contribution in [3.63, 3.8) is 0 Å². The second kappa shape index (κ2) is 6.69. The Kier molecular flexibility index (Phi) is 4.76. The van der Waals surface area contributed by atoms with Gasteiger partial charge < -0.3 is 0 Å². The van der Waals surface area contributed by atoms with E-state index in [0.29, 0.717) is 35.5 Å². The van der Waals surface area contributed by atoms with Crippen LogP contribution in [0.25, 0.3) is 5.69 Å². The van der Waals surface area contributed by atoms with Crippen LogP contribution >= 0.6 is 0 Å². The van der Waals surface area contributed by atoms with Crippen molar-refractivity contribution in [1.82, 2.24) is 9.55 Å². The van der Waals surface area contributed by atoms with E-state index in [9.17, 15) is 18.0 Å². The summed E-state index contributed by atoms with van der Waals surface area (Å²) in [5.41, 5.74) is 1.54. The predicted molar refractivity (Wildman–Crippen MR) is 90.7 cm³/mol. The smallest absolute Gasteiger partial charge is 0.269 e. The SMILES string of the molecule is [B]c1ccc(-n2c(C3CCC(C(F)(F)F)CC3)nc(C)cc2=O)cc1. The average Bonchev–Trinajstić information content (AvgIpc) is 2.55. The van der Waals surface area contributed by atoms with Gasteiger partial charge in [-0.25, -0.2) is 4.98 Å². The fraction of sp³-hybridized carbons (Fsp3) is 0.444. The Hall–Kier alpha value is -2.05. The molecule has 0 aliphatic heterocycles. The number of hydrogen-bond donors (Lipinski definition) is 0. The molecule has 1 heterocycles. The third-order valence-electron chi connectivity index (χ3n) is 4.78. The first kappa shape index (κ1) is 17.8. The summed E-state index contributed by atoms with van der Waals surface area (Å²) in [5.74, 6) is -0.885.